The quantitative estimate of drug-likeness (QED) is 0.325. The molecule has 0 radical (unpaired) electrons. The molecule has 0 aromatic heterocycles. The number of carbonyl (C=O) groups is 2. The van der Waals surface area contributed by atoms with E-state index in [9.17, 15) is 29.9 Å². The molecule has 0 saturated carbocycles. The number of nitro groups is 1. The number of halogens is 1. The predicted molar refractivity (Wildman–Crippen MR) is 126 cm³/mol. The van der Waals surface area contributed by atoms with Crippen LogP contribution in [-0.4, -0.2) is 45.8 Å². The summed E-state index contributed by atoms with van der Waals surface area (Å²) >= 11 is 6.84. The molecule has 1 amide bonds. The number of thioether (sulfide) groups is 1. The molecule has 12 heteroatoms. The van der Waals surface area contributed by atoms with Crippen LogP contribution in [0.4, 0.5) is 5.69 Å². The Morgan fingerprint density at radius 2 is 1.97 bits per heavy atom. The topological polar surface area (TPSA) is 149 Å². The van der Waals surface area contributed by atoms with Crippen molar-refractivity contribution in [3.8, 4) is 11.5 Å². The largest absolute Gasteiger partial charge is 0.506 e. The van der Waals surface area contributed by atoms with Crippen LogP contribution in [0.3, 0.4) is 0 Å². The standard InChI is InChI=1S/C22H17ClN2O8S/c1-3-33-22(29)17-19(27)16(10-11-8-14(25(30)31)18(26)15(9-11)32-2)34-21(17)24-20(28)12-6-4-5-7-13(12)23/h4-10,26-27H,3H2,1-2H3/b16-10-,24-21?. The van der Waals surface area contributed by atoms with E-state index < -0.39 is 34.0 Å². The second-order valence-corrected chi connectivity index (χ2v) is 8.04. The molecular weight excluding hydrogens is 488 g/mol. The Morgan fingerprint density at radius 3 is 2.59 bits per heavy atom. The van der Waals surface area contributed by atoms with Gasteiger partial charge in [0.05, 0.1) is 34.1 Å². The number of amides is 1. The first kappa shape index (κ1) is 24.8. The van der Waals surface area contributed by atoms with E-state index >= 15 is 0 Å². The average Bonchev–Trinajstić information content (AvgIpc) is 3.09. The lowest BCUT2D eigenvalue weighted by molar-refractivity contribution is -0.386. The number of benzene rings is 2. The molecule has 0 atom stereocenters. The summed E-state index contributed by atoms with van der Waals surface area (Å²) in [4.78, 5) is 39.7. The number of aromatic hydroxyl groups is 1. The van der Waals surface area contributed by atoms with Gasteiger partial charge in [-0.05, 0) is 36.8 Å². The number of phenols is 1. The Morgan fingerprint density at radius 1 is 1.26 bits per heavy atom. The van der Waals surface area contributed by atoms with Crippen molar-refractivity contribution in [2.75, 3.05) is 13.7 Å². The van der Waals surface area contributed by atoms with Crippen LogP contribution in [0.25, 0.3) is 6.08 Å². The van der Waals surface area contributed by atoms with Gasteiger partial charge in [-0.3, -0.25) is 14.9 Å². The third kappa shape index (κ3) is 5.05. The first-order valence-electron chi connectivity index (χ1n) is 9.61. The Balaban J connectivity index is 2.10. The molecule has 10 nitrogen and oxygen atoms in total. The highest BCUT2D eigenvalue weighted by Gasteiger charge is 2.34. The predicted octanol–water partition coefficient (Wildman–Crippen LogP) is 4.66. The summed E-state index contributed by atoms with van der Waals surface area (Å²) in [6.45, 7) is 1.58. The van der Waals surface area contributed by atoms with Crippen molar-refractivity contribution in [1.29, 1.82) is 0 Å². The Bertz CT molecular complexity index is 1290. The molecule has 3 rings (SSSR count). The summed E-state index contributed by atoms with van der Waals surface area (Å²) in [7, 11) is 1.22. The van der Waals surface area contributed by atoms with Crippen LogP contribution in [0.1, 0.15) is 22.8 Å². The SMILES string of the molecule is CCOC(=O)C1=C(O)/C(=C/c2cc(OC)c(O)c([N+](=O)[O-])c2)SC1=NC(=O)c1ccccc1Cl. The fourth-order valence-corrected chi connectivity index (χ4v) is 4.15. The number of nitro benzene ring substituents is 1. The minimum Gasteiger partial charge on any atom is -0.506 e. The fraction of sp³-hybridized carbons (Fsp3) is 0.136. The van der Waals surface area contributed by atoms with Crippen LogP contribution in [0, 0.1) is 10.1 Å². The van der Waals surface area contributed by atoms with Crippen molar-refractivity contribution in [3.63, 3.8) is 0 Å². The molecule has 0 saturated heterocycles. The van der Waals surface area contributed by atoms with E-state index in [1.165, 1.54) is 31.4 Å². The van der Waals surface area contributed by atoms with Crippen molar-refractivity contribution in [2.45, 2.75) is 6.92 Å². The van der Waals surface area contributed by atoms with E-state index in [1.807, 2.05) is 0 Å². The molecule has 1 aliphatic rings. The normalized spacial score (nSPS) is 15.6. The van der Waals surface area contributed by atoms with Crippen LogP contribution in [-0.2, 0) is 9.53 Å². The summed E-state index contributed by atoms with van der Waals surface area (Å²) in [5.74, 6) is -3.00. The van der Waals surface area contributed by atoms with Crippen molar-refractivity contribution >= 4 is 52.0 Å². The molecule has 2 aromatic carbocycles. The number of phenolic OH excluding ortho intramolecular Hbond substituents is 1. The number of aliphatic imine (C=N–C) groups is 1. The minimum atomic E-state index is -0.907. The van der Waals surface area contributed by atoms with E-state index in [-0.39, 0.29) is 44.0 Å². The highest BCUT2D eigenvalue weighted by molar-refractivity contribution is 8.18. The first-order valence-corrected chi connectivity index (χ1v) is 10.8. The zero-order valence-electron chi connectivity index (χ0n) is 17.8. The van der Waals surface area contributed by atoms with Gasteiger partial charge in [0.1, 0.15) is 16.4 Å². The van der Waals surface area contributed by atoms with Crippen molar-refractivity contribution in [1.82, 2.24) is 0 Å². The Kier molecular flexibility index (Phi) is 7.59. The van der Waals surface area contributed by atoms with Gasteiger partial charge in [-0.15, -0.1) is 0 Å². The Labute approximate surface area is 202 Å². The zero-order chi connectivity index (χ0) is 25.0. The number of hydrogen-bond donors (Lipinski definition) is 2. The molecule has 2 N–H and O–H groups in total. The van der Waals surface area contributed by atoms with Gasteiger partial charge < -0.3 is 19.7 Å². The molecule has 0 aliphatic carbocycles. The van der Waals surface area contributed by atoms with Crippen molar-refractivity contribution in [3.05, 3.63) is 78.9 Å². The molecule has 0 fully saturated rings. The van der Waals surface area contributed by atoms with E-state index in [2.05, 4.69) is 4.99 Å². The molecular formula is C22H17ClN2O8S. The van der Waals surface area contributed by atoms with Gasteiger partial charge in [0, 0.05) is 6.07 Å². The number of rotatable bonds is 6. The number of ether oxygens (including phenoxy) is 2. The van der Waals surface area contributed by atoms with Gasteiger partial charge in [-0.2, -0.15) is 0 Å². The lowest BCUT2D eigenvalue weighted by Crippen LogP contribution is -2.14. The maximum absolute atomic E-state index is 12.7. The molecule has 0 unspecified atom stereocenters. The van der Waals surface area contributed by atoms with Crippen LogP contribution < -0.4 is 4.74 Å². The summed E-state index contributed by atoms with van der Waals surface area (Å²) in [5.41, 5.74) is -0.682. The maximum atomic E-state index is 12.7. The summed E-state index contributed by atoms with van der Waals surface area (Å²) in [6, 6.07) is 8.56. The second-order valence-electron chi connectivity index (χ2n) is 6.60. The van der Waals surface area contributed by atoms with Crippen LogP contribution in [0.5, 0.6) is 11.5 Å². The number of carbonyl (C=O) groups excluding carboxylic acids is 2. The molecule has 34 heavy (non-hydrogen) atoms. The molecule has 1 heterocycles. The Hall–Kier alpha value is -3.83. The van der Waals surface area contributed by atoms with Gasteiger partial charge in [0.15, 0.2) is 5.75 Å². The molecule has 2 aromatic rings. The summed E-state index contributed by atoms with van der Waals surface area (Å²) in [5, 5.41) is 32.0. The van der Waals surface area contributed by atoms with E-state index in [1.54, 1.807) is 19.1 Å². The number of methoxy groups -OCH3 is 1. The third-order valence-corrected chi connectivity index (χ3v) is 5.82. The second kappa shape index (κ2) is 10.4. The summed E-state index contributed by atoms with van der Waals surface area (Å²) in [6.07, 6.45) is 1.32. The maximum Gasteiger partial charge on any atom is 0.344 e. The smallest absolute Gasteiger partial charge is 0.344 e. The number of aliphatic hydroxyl groups is 1. The highest BCUT2D eigenvalue weighted by Crippen LogP contribution is 2.42. The number of aliphatic hydroxyl groups excluding tert-OH is 1. The zero-order valence-corrected chi connectivity index (χ0v) is 19.3. The van der Waals surface area contributed by atoms with Crippen LogP contribution >= 0.6 is 23.4 Å². The van der Waals surface area contributed by atoms with Crippen LogP contribution in [0.15, 0.2) is 57.6 Å². The van der Waals surface area contributed by atoms with Crippen molar-refractivity contribution < 1.29 is 34.2 Å². The fourth-order valence-electron chi connectivity index (χ4n) is 2.92. The van der Waals surface area contributed by atoms with Gasteiger partial charge in [-0.25, -0.2) is 9.79 Å². The van der Waals surface area contributed by atoms with Crippen molar-refractivity contribution in [2.24, 2.45) is 4.99 Å². The lowest BCUT2D eigenvalue weighted by Gasteiger charge is -2.06. The minimum absolute atomic E-state index is 0.00637. The van der Waals surface area contributed by atoms with Gasteiger partial charge in [0.25, 0.3) is 5.91 Å². The molecule has 176 valence electrons. The van der Waals surface area contributed by atoms with E-state index in [0.717, 1.165) is 17.8 Å². The first-order chi connectivity index (χ1) is 16.2. The number of hydrogen-bond acceptors (Lipinski definition) is 9. The molecule has 0 bridgehead atoms. The monoisotopic (exact) mass is 504 g/mol. The number of nitrogens with zero attached hydrogens (tertiary/aromatic N) is 2. The molecule has 0 spiro atoms. The highest BCUT2D eigenvalue weighted by atomic mass is 35.5. The summed E-state index contributed by atoms with van der Waals surface area (Å²) < 4.78 is 9.95. The lowest BCUT2D eigenvalue weighted by atomic mass is 10.1. The van der Waals surface area contributed by atoms with E-state index in [4.69, 9.17) is 21.1 Å². The number of esters is 1. The van der Waals surface area contributed by atoms with Crippen LogP contribution in [0.2, 0.25) is 5.02 Å². The third-order valence-electron chi connectivity index (χ3n) is 4.47. The van der Waals surface area contributed by atoms with Gasteiger partial charge in [0.2, 0.25) is 5.75 Å². The average molecular weight is 505 g/mol. The molecule has 1 aliphatic heterocycles. The van der Waals surface area contributed by atoms with E-state index in [0.29, 0.717) is 0 Å². The van der Waals surface area contributed by atoms with Gasteiger partial charge >= 0.3 is 11.7 Å². The van der Waals surface area contributed by atoms with Gasteiger partial charge in [-0.1, -0.05) is 35.5 Å².